The van der Waals surface area contributed by atoms with Gasteiger partial charge in [0.1, 0.15) is 0 Å². The fourth-order valence-electron chi connectivity index (χ4n) is 3.05. The third kappa shape index (κ3) is 6.11. The number of nitrogens with one attached hydrogen (secondary N) is 1. The maximum Gasteiger partial charge on any atom is 0.317 e. The topological polar surface area (TPSA) is 72.9 Å². The predicted octanol–water partition coefficient (Wildman–Crippen LogP) is 2.15. The molecule has 1 atom stereocenters. The first-order valence-corrected chi connectivity index (χ1v) is 8.51. The van der Waals surface area contributed by atoms with Gasteiger partial charge in [0.25, 0.3) is 0 Å². The molecular weight excluding hydrogens is 330 g/mol. The van der Waals surface area contributed by atoms with Gasteiger partial charge in [-0.1, -0.05) is 17.7 Å². The van der Waals surface area contributed by atoms with Gasteiger partial charge < -0.3 is 10.4 Å². The van der Waals surface area contributed by atoms with Gasteiger partial charge in [-0.3, -0.25) is 19.4 Å². The van der Waals surface area contributed by atoms with Crippen LogP contribution in [0.1, 0.15) is 19.3 Å². The van der Waals surface area contributed by atoms with Crippen LogP contribution in [0.15, 0.2) is 24.3 Å². The molecule has 2 N–H and O–H groups in total. The summed E-state index contributed by atoms with van der Waals surface area (Å²) in [5.41, 5.74) is 0.696. The Hall–Kier alpha value is -1.63. The number of aliphatic carboxylic acids is 1. The van der Waals surface area contributed by atoms with Crippen LogP contribution in [0, 0.1) is 0 Å². The number of hydrogen-bond acceptors (Lipinski definition) is 4. The van der Waals surface area contributed by atoms with Gasteiger partial charge in [-0.25, -0.2) is 0 Å². The maximum absolute atomic E-state index is 12.2. The van der Waals surface area contributed by atoms with Crippen molar-refractivity contribution < 1.29 is 14.7 Å². The molecule has 1 unspecified atom stereocenters. The molecule has 1 aromatic carbocycles. The van der Waals surface area contributed by atoms with E-state index < -0.39 is 5.97 Å². The number of carboxylic acids is 1. The zero-order valence-corrected chi connectivity index (χ0v) is 14.6. The molecule has 1 aliphatic heterocycles. The van der Waals surface area contributed by atoms with E-state index in [-0.39, 0.29) is 18.5 Å². The van der Waals surface area contributed by atoms with E-state index in [0.717, 1.165) is 32.4 Å². The molecule has 0 aliphatic carbocycles. The second-order valence-corrected chi connectivity index (χ2v) is 6.66. The van der Waals surface area contributed by atoms with Crippen LogP contribution in [0.4, 0.5) is 5.69 Å². The summed E-state index contributed by atoms with van der Waals surface area (Å²) in [7, 11) is 1.85. The minimum atomic E-state index is -0.806. The van der Waals surface area contributed by atoms with Crippen LogP contribution >= 0.6 is 11.6 Å². The molecule has 1 aromatic rings. The van der Waals surface area contributed by atoms with E-state index in [0.29, 0.717) is 17.3 Å². The highest BCUT2D eigenvalue weighted by Crippen LogP contribution is 2.17. The number of carboxylic acid groups (broad SMARTS) is 1. The highest BCUT2D eigenvalue weighted by Gasteiger charge is 2.22. The second kappa shape index (κ2) is 9.01. The third-order valence-corrected chi connectivity index (χ3v) is 4.51. The van der Waals surface area contributed by atoms with Gasteiger partial charge in [0.15, 0.2) is 0 Å². The van der Waals surface area contributed by atoms with Gasteiger partial charge in [-0.05, 0) is 51.1 Å². The van der Waals surface area contributed by atoms with Crippen LogP contribution in [0.25, 0.3) is 0 Å². The van der Waals surface area contributed by atoms with Crippen molar-refractivity contribution in [1.29, 1.82) is 0 Å². The number of halogens is 1. The Morgan fingerprint density at radius 2 is 2.17 bits per heavy atom. The molecule has 0 saturated carbocycles. The average molecular weight is 354 g/mol. The average Bonchev–Trinajstić information content (AvgIpc) is 2.72. The molecule has 0 aromatic heterocycles. The van der Waals surface area contributed by atoms with E-state index >= 15 is 0 Å². The first-order chi connectivity index (χ1) is 11.4. The number of likely N-dealkylation sites (N-methyl/N-ethyl adjacent to an activating group) is 1. The van der Waals surface area contributed by atoms with E-state index in [1.165, 1.54) is 0 Å². The molecule has 132 valence electrons. The Morgan fingerprint density at radius 3 is 2.88 bits per heavy atom. The van der Waals surface area contributed by atoms with Crippen molar-refractivity contribution in [3.63, 3.8) is 0 Å². The fraction of sp³-hybridized carbons (Fsp3) is 0.529. The Balaban J connectivity index is 1.81. The lowest BCUT2D eigenvalue weighted by Crippen LogP contribution is -2.37. The largest absolute Gasteiger partial charge is 0.480 e. The van der Waals surface area contributed by atoms with Crippen molar-refractivity contribution in [2.75, 3.05) is 38.5 Å². The SMILES string of the molecule is CN(CC(=O)O)C1CCCN(CC(=O)Nc2cccc(Cl)c2)CC1. The van der Waals surface area contributed by atoms with Crippen molar-refractivity contribution >= 4 is 29.2 Å². The maximum atomic E-state index is 12.2. The first kappa shape index (κ1) is 18.7. The van der Waals surface area contributed by atoms with E-state index in [1.807, 2.05) is 18.0 Å². The predicted molar refractivity (Wildman–Crippen MR) is 94.4 cm³/mol. The van der Waals surface area contributed by atoms with E-state index in [1.54, 1.807) is 18.2 Å². The molecule has 1 amide bonds. The van der Waals surface area contributed by atoms with E-state index in [2.05, 4.69) is 10.2 Å². The molecule has 1 saturated heterocycles. The lowest BCUT2D eigenvalue weighted by atomic mass is 10.1. The van der Waals surface area contributed by atoms with Gasteiger partial charge in [0.05, 0.1) is 13.1 Å². The molecule has 0 spiro atoms. The molecule has 1 aliphatic rings. The Kier molecular flexibility index (Phi) is 7.02. The van der Waals surface area contributed by atoms with Crippen LogP contribution in [-0.2, 0) is 9.59 Å². The van der Waals surface area contributed by atoms with Crippen molar-refractivity contribution in [1.82, 2.24) is 9.80 Å². The number of likely N-dealkylation sites (tertiary alicyclic amines) is 1. The molecule has 7 heteroatoms. The first-order valence-electron chi connectivity index (χ1n) is 8.14. The number of rotatable bonds is 6. The summed E-state index contributed by atoms with van der Waals surface area (Å²) in [5.74, 6) is -0.867. The summed E-state index contributed by atoms with van der Waals surface area (Å²) < 4.78 is 0. The second-order valence-electron chi connectivity index (χ2n) is 6.23. The number of hydrogen-bond donors (Lipinski definition) is 2. The zero-order valence-electron chi connectivity index (χ0n) is 13.9. The number of anilines is 1. The van der Waals surface area contributed by atoms with Gasteiger partial charge >= 0.3 is 5.97 Å². The van der Waals surface area contributed by atoms with E-state index in [9.17, 15) is 9.59 Å². The summed E-state index contributed by atoms with van der Waals surface area (Å²) in [6.07, 6.45) is 2.78. The molecule has 2 rings (SSSR count). The molecule has 6 nitrogen and oxygen atoms in total. The summed E-state index contributed by atoms with van der Waals surface area (Å²) in [5, 5.41) is 12.3. The number of nitrogens with zero attached hydrogens (tertiary/aromatic N) is 2. The van der Waals surface area contributed by atoms with Crippen molar-refractivity contribution in [3.05, 3.63) is 29.3 Å². The van der Waals surface area contributed by atoms with Crippen molar-refractivity contribution in [2.45, 2.75) is 25.3 Å². The van der Waals surface area contributed by atoms with E-state index in [4.69, 9.17) is 16.7 Å². The minimum Gasteiger partial charge on any atom is -0.480 e. The van der Waals surface area contributed by atoms with Crippen LogP contribution < -0.4 is 5.32 Å². The Labute approximate surface area is 147 Å². The summed E-state index contributed by atoms with van der Waals surface area (Å²) in [6, 6.07) is 7.34. The van der Waals surface area contributed by atoms with Gasteiger partial charge in [-0.15, -0.1) is 0 Å². The third-order valence-electron chi connectivity index (χ3n) is 4.27. The highest BCUT2D eigenvalue weighted by atomic mass is 35.5. The van der Waals surface area contributed by atoms with Crippen molar-refractivity contribution in [3.8, 4) is 0 Å². The molecule has 1 fully saturated rings. The Morgan fingerprint density at radius 1 is 1.38 bits per heavy atom. The smallest absolute Gasteiger partial charge is 0.317 e. The number of benzene rings is 1. The number of amides is 1. The lowest BCUT2D eigenvalue weighted by molar-refractivity contribution is -0.138. The van der Waals surface area contributed by atoms with Crippen LogP contribution in [0.5, 0.6) is 0 Å². The minimum absolute atomic E-state index is 0.0555. The Bertz CT molecular complexity index is 582. The molecule has 0 bridgehead atoms. The molecular formula is C17H24ClN3O3. The standard InChI is InChI=1S/C17H24ClN3O3/c1-20(12-17(23)24)15-6-3-8-21(9-7-15)11-16(22)19-14-5-2-4-13(18)10-14/h2,4-5,10,15H,3,6-9,11-12H2,1H3,(H,19,22)(H,23,24). The quantitative estimate of drug-likeness (QED) is 0.819. The molecule has 24 heavy (non-hydrogen) atoms. The normalized spacial score (nSPS) is 19.0. The summed E-state index contributed by atoms with van der Waals surface area (Å²) in [6.45, 7) is 2.03. The fourth-order valence-corrected chi connectivity index (χ4v) is 3.24. The molecule has 1 heterocycles. The van der Waals surface area contributed by atoms with Crippen LogP contribution in [-0.4, -0.2) is 66.1 Å². The van der Waals surface area contributed by atoms with Gasteiger partial charge in [0, 0.05) is 23.3 Å². The lowest BCUT2D eigenvalue weighted by Gasteiger charge is -2.25. The van der Waals surface area contributed by atoms with Gasteiger partial charge in [-0.2, -0.15) is 0 Å². The number of carbonyl (C=O) groups is 2. The van der Waals surface area contributed by atoms with Crippen molar-refractivity contribution in [2.24, 2.45) is 0 Å². The monoisotopic (exact) mass is 353 g/mol. The number of carbonyl (C=O) groups excluding carboxylic acids is 1. The highest BCUT2D eigenvalue weighted by molar-refractivity contribution is 6.30. The zero-order chi connectivity index (χ0) is 17.5. The van der Waals surface area contributed by atoms with Gasteiger partial charge in [0.2, 0.25) is 5.91 Å². The van der Waals surface area contributed by atoms with Crippen LogP contribution in [0.3, 0.4) is 0 Å². The summed E-state index contributed by atoms with van der Waals surface area (Å²) >= 11 is 5.92. The summed E-state index contributed by atoms with van der Waals surface area (Å²) in [4.78, 5) is 27.0. The molecule has 0 radical (unpaired) electrons. The van der Waals surface area contributed by atoms with Crippen LogP contribution in [0.2, 0.25) is 5.02 Å².